The monoisotopic (exact) mass is 510 g/mol. The number of aromatic nitrogens is 4. The number of hydrogen-bond acceptors (Lipinski definition) is 9. The first-order valence-corrected chi connectivity index (χ1v) is 12.3. The number of benzene rings is 1. The number of nitrogens with zero attached hydrogens (tertiary/aromatic N) is 4. The number of halogens is 1. The number of ether oxygens (including phenoxy) is 1. The summed E-state index contributed by atoms with van der Waals surface area (Å²) in [4.78, 5) is 23.9. The van der Waals surface area contributed by atoms with Gasteiger partial charge in [0.25, 0.3) is 0 Å². The predicted octanol–water partition coefficient (Wildman–Crippen LogP) is 3.29. The minimum Gasteiger partial charge on any atom is -0.480 e. The molecule has 2 aromatic heterocycles. The summed E-state index contributed by atoms with van der Waals surface area (Å²) in [7, 11) is -2.50. The molecule has 1 unspecified atom stereocenters. The van der Waals surface area contributed by atoms with E-state index >= 15 is 0 Å². The maximum absolute atomic E-state index is 13.3. The van der Waals surface area contributed by atoms with Crippen LogP contribution in [0.15, 0.2) is 30.6 Å². The number of carbonyl (C=O) groups is 1. The number of carboxylic acid groups (broad SMARTS) is 1. The van der Waals surface area contributed by atoms with E-state index in [1.807, 2.05) is 4.57 Å². The maximum atomic E-state index is 13.3. The highest BCUT2D eigenvalue weighted by molar-refractivity contribution is 7.52. The Morgan fingerprint density at radius 1 is 1.35 bits per heavy atom. The van der Waals surface area contributed by atoms with Crippen LogP contribution in [-0.4, -0.2) is 50.4 Å². The van der Waals surface area contributed by atoms with Gasteiger partial charge in [-0.2, -0.15) is 15.1 Å². The van der Waals surface area contributed by atoms with Crippen LogP contribution in [0.4, 0.5) is 5.95 Å². The minimum atomic E-state index is -3.98. The maximum Gasteiger partial charge on any atom is 0.459 e. The van der Waals surface area contributed by atoms with Crippen molar-refractivity contribution in [1.29, 1.82) is 0 Å². The fourth-order valence-corrected chi connectivity index (χ4v) is 5.30. The van der Waals surface area contributed by atoms with Crippen molar-refractivity contribution in [1.82, 2.24) is 24.6 Å². The molecule has 0 saturated heterocycles. The Bertz CT molecular complexity index is 1230. The van der Waals surface area contributed by atoms with Gasteiger partial charge in [-0.05, 0) is 49.9 Å². The third kappa shape index (κ3) is 5.25. The highest BCUT2D eigenvalue weighted by Gasteiger charge is 2.37. The van der Waals surface area contributed by atoms with Gasteiger partial charge in [0.2, 0.25) is 11.8 Å². The highest BCUT2D eigenvalue weighted by atomic mass is 35.5. The second kappa shape index (κ2) is 9.75. The van der Waals surface area contributed by atoms with E-state index in [0.29, 0.717) is 34.9 Å². The van der Waals surface area contributed by atoms with Crippen LogP contribution in [0.5, 0.6) is 11.6 Å². The quantitative estimate of drug-likeness (QED) is 0.343. The molecule has 2 heterocycles. The largest absolute Gasteiger partial charge is 0.480 e. The normalized spacial score (nSPS) is 20.3. The summed E-state index contributed by atoms with van der Waals surface area (Å²) in [6, 6.07) is 5.12. The van der Waals surface area contributed by atoms with Crippen molar-refractivity contribution < 1.29 is 28.3 Å². The molecule has 1 fully saturated rings. The average molecular weight is 511 g/mol. The van der Waals surface area contributed by atoms with Gasteiger partial charge in [-0.3, -0.25) is 9.32 Å². The molecule has 0 aliphatic heterocycles. The summed E-state index contributed by atoms with van der Waals surface area (Å²) < 4.78 is 31.6. The molecule has 0 spiro atoms. The molecule has 12 nitrogen and oxygen atoms in total. The van der Waals surface area contributed by atoms with Crippen LogP contribution in [-0.2, 0) is 13.9 Å². The predicted molar refractivity (Wildman–Crippen MR) is 124 cm³/mol. The zero-order chi connectivity index (χ0) is 24.5. The Morgan fingerprint density at radius 3 is 2.71 bits per heavy atom. The Kier molecular flexibility index (Phi) is 6.94. The molecule has 4 rings (SSSR count). The lowest BCUT2D eigenvalue weighted by Crippen LogP contribution is -2.35. The van der Waals surface area contributed by atoms with Gasteiger partial charge in [-0.25, -0.2) is 9.55 Å². The highest BCUT2D eigenvalue weighted by Crippen LogP contribution is 2.48. The van der Waals surface area contributed by atoms with Crippen LogP contribution in [0.2, 0.25) is 5.02 Å². The number of fused-ring (bicyclic) bond motifs is 1. The topological polar surface area (TPSA) is 164 Å². The average Bonchev–Trinajstić information content (AvgIpc) is 3.17. The molecule has 3 aromatic rings. The molecule has 2 atom stereocenters. The summed E-state index contributed by atoms with van der Waals surface area (Å²) in [5, 5.41) is 12.2. The van der Waals surface area contributed by atoms with Gasteiger partial charge >= 0.3 is 13.7 Å². The van der Waals surface area contributed by atoms with Crippen LogP contribution in [0, 0.1) is 5.92 Å². The van der Waals surface area contributed by atoms with Crippen LogP contribution < -0.4 is 20.1 Å². The molecule has 182 valence electrons. The number of hydrogen-bond donors (Lipinski definition) is 3. The van der Waals surface area contributed by atoms with Crippen molar-refractivity contribution in [3.8, 4) is 11.6 Å². The molecule has 0 bridgehead atoms. The molecular formula is C20H24ClN6O6P. The Balaban J connectivity index is 1.41. The number of nitrogens with one attached hydrogen (secondary N) is 1. The van der Waals surface area contributed by atoms with E-state index < -0.39 is 19.8 Å². The van der Waals surface area contributed by atoms with E-state index in [9.17, 15) is 14.5 Å². The third-order valence-corrected chi connectivity index (χ3v) is 7.34. The molecule has 1 aliphatic rings. The first-order chi connectivity index (χ1) is 16.2. The number of rotatable bonds is 10. The number of carboxylic acids is 1. The van der Waals surface area contributed by atoms with E-state index in [1.54, 1.807) is 18.5 Å². The van der Waals surface area contributed by atoms with Crippen molar-refractivity contribution >= 4 is 42.4 Å². The molecular weight excluding hydrogens is 487 g/mol. The number of methoxy groups -OCH3 is 1. The van der Waals surface area contributed by atoms with Crippen LogP contribution in [0.3, 0.4) is 0 Å². The number of imidazole rings is 1. The second-order valence-corrected chi connectivity index (χ2v) is 10.1. The third-order valence-electron chi connectivity index (χ3n) is 5.45. The Labute approximate surface area is 200 Å². The lowest BCUT2D eigenvalue weighted by Gasteiger charge is -2.36. The fraction of sp³-hybridized carbons (Fsp3) is 0.400. The molecule has 14 heteroatoms. The van der Waals surface area contributed by atoms with Crippen molar-refractivity contribution in [3.05, 3.63) is 35.6 Å². The number of nitrogens with two attached hydrogens (primary N) is 1. The van der Waals surface area contributed by atoms with Gasteiger partial charge in [-0.1, -0.05) is 11.6 Å². The smallest absolute Gasteiger partial charge is 0.459 e. The molecule has 1 aromatic carbocycles. The van der Waals surface area contributed by atoms with E-state index in [4.69, 9.17) is 31.1 Å². The number of aliphatic carboxylic acids is 1. The molecule has 1 aliphatic carbocycles. The minimum absolute atomic E-state index is 0.0626. The van der Waals surface area contributed by atoms with Gasteiger partial charge in [0, 0.05) is 11.1 Å². The van der Waals surface area contributed by atoms with E-state index in [0.717, 1.165) is 0 Å². The van der Waals surface area contributed by atoms with Crippen molar-refractivity contribution in [2.75, 3.05) is 19.5 Å². The molecule has 1 saturated carbocycles. The van der Waals surface area contributed by atoms with E-state index in [2.05, 4.69) is 20.0 Å². The van der Waals surface area contributed by atoms with Gasteiger partial charge in [0.05, 0.1) is 20.0 Å². The lowest BCUT2D eigenvalue weighted by atomic mass is 9.81. The standard InChI is InChI=1S/C20H24ClN6O6P/c1-11(19(28)29)26-34(30,33-15-5-3-13(21)4-6-15)32-9-12-7-14(8-12)27-10-23-16-17(27)24-20(22)25-18(16)31-2/h3-6,10-12,14H,7-9H2,1-2H3,(H,26,30)(H,28,29)(H2,22,24,25)/t11-,12-,14+,34?/m0/s1. The van der Waals surface area contributed by atoms with Crippen LogP contribution in [0.25, 0.3) is 11.2 Å². The number of anilines is 1. The first-order valence-electron chi connectivity index (χ1n) is 10.4. The Hall–Kier alpha value is -2.92. The summed E-state index contributed by atoms with van der Waals surface area (Å²) >= 11 is 5.88. The summed E-state index contributed by atoms with van der Waals surface area (Å²) in [5.41, 5.74) is 6.87. The van der Waals surface area contributed by atoms with Gasteiger partial charge in [-0.15, -0.1) is 0 Å². The van der Waals surface area contributed by atoms with Gasteiger partial charge < -0.3 is 24.7 Å². The first kappa shape index (κ1) is 24.2. The zero-order valence-corrected chi connectivity index (χ0v) is 20.1. The fourth-order valence-electron chi connectivity index (χ4n) is 3.60. The van der Waals surface area contributed by atoms with Crippen molar-refractivity contribution in [2.45, 2.75) is 31.8 Å². The molecule has 0 radical (unpaired) electrons. The van der Waals surface area contributed by atoms with Gasteiger partial charge in [0.15, 0.2) is 11.2 Å². The summed E-state index contributed by atoms with van der Waals surface area (Å²) in [5.74, 6) is -0.493. The molecule has 0 amide bonds. The van der Waals surface area contributed by atoms with Crippen LogP contribution >= 0.6 is 19.3 Å². The number of nitrogen functional groups attached to an aromatic ring is 1. The Morgan fingerprint density at radius 2 is 2.06 bits per heavy atom. The summed E-state index contributed by atoms with van der Waals surface area (Å²) in [6.07, 6.45) is 3.06. The second-order valence-electron chi connectivity index (χ2n) is 7.93. The van der Waals surface area contributed by atoms with Crippen molar-refractivity contribution in [2.24, 2.45) is 5.92 Å². The lowest BCUT2D eigenvalue weighted by molar-refractivity contribution is -0.138. The van der Waals surface area contributed by atoms with Crippen LogP contribution in [0.1, 0.15) is 25.8 Å². The molecule has 34 heavy (non-hydrogen) atoms. The summed E-state index contributed by atoms with van der Waals surface area (Å²) in [6.45, 7) is 1.46. The zero-order valence-electron chi connectivity index (χ0n) is 18.4. The van der Waals surface area contributed by atoms with E-state index in [-0.39, 0.29) is 30.3 Å². The SMILES string of the molecule is COc1nc(N)nc2c1ncn2[C@H]1C[C@@H](COP(=O)(N[C@@H](C)C(=O)O)Oc2ccc(Cl)cc2)C1. The van der Waals surface area contributed by atoms with E-state index in [1.165, 1.54) is 26.2 Å². The van der Waals surface area contributed by atoms with Gasteiger partial charge in [0.1, 0.15) is 11.8 Å². The molecule has 4 N–H and O–H groups in total. The van der Waals surface area contributed by atoms with Crippen molar-refractivity contribution in [3.63, 3.8) is 0 Å².